The first-order valence-electron chi connectivity index (χ1n) is 3.10. The first-order valence-corrected chi connectivity index (χ1v) is 3.54. The number of hydrogen-bond donors (Lipinski definition) is 0. The van der Waals surface area contributed by atoms with E-state index in [0.29, 0.717) is 12.5 Å². The SMILES string of the molecule is CC(C)COC(=O)C=CCl. The minimum absolute atomic E-state index is 0.368. The zero-order valence-electron chi connectivity index (χ0n) is 6.13. The van der Waals surface area contributed by atoms with E-state index in [1.54, 1.807) is 0 Å². The van der Waals surface area contributed by atoms with E-state index in [9.17, 15) is 4.79 Å². The van der Waals surface area contributed by atoms with Gasteiger partial charge in [-0.05, 0) is 5.92 Å². The topological polar surface area (TPSA) is 26.3 Å². The molecule has 0 aromatic heterocycles. The van der Waals surface area contributed by atoms with E-state index in [2.05, 4.69) is 0 Å². The van der Waals surface area contributed by atoms with Gasteiger partial charge in [-0.2, -0.15) is 0 Å². The molecule has 10 heavy (non-hydrogen) atoms. The number of ether oxygens (including phenoxy) is 1. The molecule has 0 spiro atoms. The summed E-state index contributed by atoms with van der Waals surface area (Å²) in [5.74, 6) is -0.0172. The van der Waals surface area contributed by atoms with E-state index in [-0.39, 0.29) is 5.97 Å². The number of rotatable bonds is 3. The van der Waals surface area contributed by atoms with Gasteiger partial charge in [0, 0.05) is 11.6 Å². The molecule has 0 radical (unpaired) electrons. The second-order valence-electron chi connectivity index (χ2n) is 2.32. The minimum Gasteiger partial charge on any atom is -0.462 e. The molecule has 0 N–H and O–H groups in total. The Morgan fingerprint density at radius 2 is 2.30 bits per heavy atom. The molecule has 0 heterocycles. The third kappa shape index (κ3) is 5.63. The Kier molecular flexibility index (Phi) is 5.03. The van der Waals surface area contributed by atoms with Crippen molar-refractivity contribution in [2.45, 2.75) is 13.8 Å². The van der Waals surface area contributed by atoms with Gasteiger partial charge in [-0.3, -0.25) is 0 Å². The van der Waals surface area contributed by atoms with Crippen molar-refractivity contribution in [1.29, 1.82) is 0 Å². The van der Waals surface area contributed by atoms with Crippen LogP contribution in [0.2, 0.25) is 0 Å². The fourth-order valence-electron chi connectivity index (χ4n) is 0.348. The van der Waals surface area contributed by atoms with Crippen LogP contribution < -0.4 is 0 Å². The Morgan fingerprint density at radius 3 is 2.70 bits per heavy atom. The smallest absolute Gasteiger partial charge is 0.331 e. The Balaban J connectivity index is 3.40. The highest BCUT2D eigenvalue weighted by molar-refractivity contribution is 6.26. The summed E-state index contributed by atoms with van der Waals surface area (Å²) in [6.45, 7) is 4.38. The quantitative estimate of drug-likeness (QED) is 0.468. The molecule has 0 rings (SSSR count). The molecule has 0 aliphatic heterocycles. The van der Waals surface area contributed by atoms with Gasteiger partial charge in [0.25, 0.3) is 0 Å². The normalized spacial score (nSPS) is 10.8. The van der Waals surface area contributed by atoms with Gasteiger partial charge in [0.15, 0.2) is 0 Å². The zero-order chi connectivity index (χ0) is 7.98. The summed E-state index contributed by atoms with van der Waals surface area (Å²) < 4.78 is 4.73. The van der Waals surface area contributed by atoms with Crippen LogP contribution in [0, 0.1) is 5.92 Å². The predicted molar refractivity (Wildman–Crippen MR) is 40.8 cm³/mol. The van der Waals surface area contributed by atoms with Crippen molar-refractivity contribution in [3.05, 3.63) is 11.6 Å². The Bertz CT molecular complexity index is 130. The van der Waals surface area contributed by atoms with E-state index in [1.165, 1.54) is 6.08 Å². The van der Waals surface area contributed by atoms with Crippen LogP contribution in [0.25, 0.3) is 0 Å². The lowest BCUT2D eigenvalue weighted by molar-refractivity contribution is -0.138. The molecular formula is C7H11ClO2. The molecule has 0 saturated heterocycles. The van der Waals surface area contributed by atoms with Crippen LogP contribution in [-0.4, -0.2) is 12.6 Å². The molecule has 0 aromatic rings. The van der Waals surface area contributed by atoms with Gasteiger partial charge in [0.2, 0.25) is 0 Å². The molecule has 0 bridgehead atoms. The molecular weight excluding hydrogens is 152 g/mol. The number of carbonyl (C=O) groups is 1. The maximum atomic E-state index is 10.6. The Labute approximate surface area is 65.8 Å². The number of carbonyl (C=O) groups excluding carboxylic acids is 1. The van der Waals surface area contributed by atoms with E-state index in [4.69, 9.17) is 16.3 Å². The van der Waals surface area contributed by atoms with Crippen molar-refractivity contribution in [3.8, 4) is 0 Å². The average molecular weight is 163 g/mol. The van der Waals surface area contributed by atoms with Crippen LogP contribution in [0.3, 0.4) is 0 Å². The summed E-state index contributed by atoms with van der Waals surface area (Å²) in [5, 5.41) is 0. The summed E-state index contributed by atoms with van der Waals surface area (Å²) in [7, 11) is 0. The monoisotopic (exact) mass is 162 g/mol. The molecule has 0 unspecified atom stereocenters. The standard InChI is InChI=1S/C7H11ClO2/c1-6(2)5-10-7(9)3-4-8/h3-4,6H,5H2,1-2H3. The average Bonchev–Trinajstić information content (AvgIpc) is 1.85. The second kappa shape index (κ2) is 5.30. The van der Waals surface area contributed by atoms with Crippen LogP contribution >= 0.6 is 11.6 Å². The Morgan fingerprint density at radius 1 is 1.70 bits per heavy atom. The number of esters is 1. The molecule has 0 atom stereocenters. The van der Waals surface area contributed by atoms with Crippen LogP contribution in [0.15, 0.2) is 11.6 Å². The van der Waals surface area contributed by atoms with Crippen molar-refractivity contribution in [2.24, 2.45) is 5.92 Å². The molecule has 0 fully saturated rings. The first-order chi connectivity index (χ1) is 4.66. The maximum Gasteiger partial charge on any atom is 0.331 e. The molecule has 0 aliphatic rings. The summed E-state index contributed by atoms with van der Waals surface area (Å²) in [6, 6.07) is 0. The van der Waals surface area contributed by atoms with Gasteiger partial charge < -0.3 is 4.74 Å². The highest BCUT2D eigenvalue weighted by atomic mass is 35.5. The van der Waals surface area contributed by atoms with Crippen LogP contribution in [0.5, 0.6) is 0 Å². The summed E-state index contributed by atoms with van der Waals surface area (Å²) in [4.78, 5) is 10.6. The van der Waals surface area contributed by atoms with Gasteiger partial charge in [-0.25, -0.2) is 4.79 Å². The molecule has 0 aliphatic carbocycles. The zero-order valence-corrected chi connectivity index (χ0v) is 6.89. The third-order valence-electron chi connectivity index (χ3n) is 0.758. The molecule has 0 aromatic carbocycles. The molecule has 0 amide bonds. The van der Waals surface area contributed by atoms with E-state index >= 15 is 0 Å². The molecule has 3 heteroatoms. The van der Waals surface area contributed by atoms with Crippen LogP contribution in [0.1, 0.15) is 13.8 Å². The number of halogens is 1. The van der Waals surface area contributed by atoms with Crippen LogP contribution in [0.4, 0.5) is 0 Å². The molecule has 58 valence electrons. The highest BCUT2D eigenvalue weighted by Gasteiger charge is 1.97. The summed E-state index contributed by atoms with van der Waals surface area (Å²) >= 11 is 5.13. The van der Waals surface area contributed by atoms with Gasteiger partial charge in [0.05, 0.1) is 6.61 Å². The van der Waals surface area contributed by atoms with Gasteiger partial charge in [-0.15, -0.1) is 0 Å². The molecule has 0 saturated carbocycles. The lowest BCUT2D eigenvalue weighted by Gasteiger charge is -2.02. The lowest BCUT2D eigenvalue weighted by atomic mass is 10.2. The van der Waals surface area contributed by atoms with E-state index in [1.807, 2.05) is 13.8 Å². The van der Waals surface area contributed by atoms with Crippen molar-refractivity contribution >= 4 is 17.6 Å². The van der Waals surface area contributed by atoms with Crippen LogP contribution in [-0.2, 0) is 9.53 Å². The second-order valence-corrected chi connectivity index (χ2v) is 2.57. The largest absolute Gasteiger partial charge is 0.462 e. The fourth-order valence-corrected chi connectivity index (χ4v) is 0.451. The van der Waals surface area contributed by atoms with Gasteiger partial charge in [-0.1, -0.05) is 25.4 Å². The highest BCUT2D eigenvalue weighted by Crippen LogP contribution is 1.93. The summed E-state index contributed by atoms with van der Waals surface area (Å²) in [6.07, 6.45) is 1.18. The lowest BCUT2D eigenvalue weighted by Crippen LogP contribution is -2.06. The molecule has 2 nitrogen and oxygen atoms in total. The predicted octanol–water partition coefficient (Wildman–Crippen LogP) is 1.94. The van der Waals surface area contributed by atoms with Crippen molar-refractivity contribution in [1.82, 2.24) is 0 Å². The number of hydrogen-bond acceptors (Lipinski definition) is 2. The maximum absolute atomic E-state index is 10.6. The van der Waals surface area contributed by atoms with Crippen molar-refractivity contribution in [2.75, 3.05) is 6.61 Å². The van der Waals surface area contributed by atoms with Crippen molar-refractivity contribution in [3.63, 3.8) is 0 Å². The van der Waals surface area contributed by atoms with Crippen molar-refractivity contribution < 1.29 is 9.53 Å². The van der Waals surface area contributed by atoms with Gasteiger partial charge in [0.1, 0.15) is 0 Å². The van der Waals surface area contributed by atoms with E-state index in [0.717, 1.165) is 5.54 Å². The Hall–Kier alpha value is -0.500. The van der Waals surface area contributed by atoms with Gasteiger partial charge >= 0.3 is 5.97 Å². The summed E-state index contributed by atoms with van der Waals surface area (Å²) in [5.41, 5.74) is 1.14. The van der Waals surface area contributed by atoms with E-state index < -0.39 is 0 Å². The third-order valence-corrected chi connectivity index (χ3v) is 0.884. The fraction of sp³-hybridized carbons (Fsp3) is 0.571. The first kappa shape index (κ1) is 9.50. The minimum atomic E-state index is -0.385.